The standard InChI is InChI=1S/C21H19N3O4S/c1-24(29(26,27)19-9-5-7-14-6-3-4-8-16(14)19)13-20-22-17-11-10-15(21(25)28-2)12-18(17)23-20/h3-12H,13H2,1-2H3,(H,22,23). The van der Waals surface area contributed by atoms with Crippen molar-refractivity contribution in [3.63, 3.8) is 0 Å². The molecule has 29 heavy (non-hydrogen) atoms. The van der Waals surface area contributed by atoms with E-state index in [0.29, 0.717) is 27.8 Å². The predicted molar refractivity (Wildman–Crippen MR) is 110 cm³/mol. The Bertz CT molecular complexity index is 1320. The number of methoxy groups -OCH3 is 1. The number of imidazole rings is 1. The summed E-state index contributed by atoms with van der Waals surface area (Å²) >= 11 is 0. The van der Waals surface area contributed by atoms with E-state index in [2.05, 4.69) is 9.97 Å². The van der Waals surface area contributed by atoms with Gasteiger partial charge in [0, 0.05) is 12.4 Å². The maximum absolute atomic E-state index is 13.2. The van der Waals surface area contributed by atoms with Crippen molar-refractivity contribution < 1.29 is 17.9 Å². The van der Waals surface area contributed by atoms with E-state index < -0.39 is 16.0 Å². The van der Waals surface area contributed by atoms with E-state index in [1.807, 2.05) is 24.3 Å². The van der Waals surface area contributed by atoms with Crippen LogP contribution in [-0.4, -0.2) is 42.8 Å². The Balaban J connectivity index is 1.66. The number of carbonyl (C=O) groups excluding carboxylic acids is 1. The van der Waals surface area contributed by atoms with Crippen molar-refractivity contribution in [3.8, 4) is 0 Å². The van der Waals surface area contributed by atoms with Crippen molar-refractivity contribution in [2.45, 2.75) is 11.4 Å². The van der Waals surface area contributed by atoms with Crippen LogP contribution in [0.25, 0.3) is 21.8 Å². The molecule has 0 spiro atoms. The summed E-state index contributed by atoms with van der Waals surface area (Å²) in [4.78, 5) is 19.5. The zero-order valence-electron chi connectivity index (χ0n) is 15.9. The normalized spacial score (nSPS) is 12.0. The number of aromatic nitrogens is 2. The maximum atomic E-state index is 13.2. The van der Waals surface area contributed by atoms with Crippen LogP contribution in [0.5, 0.6) is 0 Å². The highest BCUT2D eigenvalue weighted by atomic mass is 32.2. The minimum atomic E-state index is -3.73. The Hall–Kier alpha value is -3.23. The number of fused-ring (bicyclic) bond motifs is 2. The van der Waals surface area contributed by atoms with Crippen LogP contribution in [0.15, 0.2) is 65.6 Å². The van der Waals surface area contributed by atoms with Gasteiger partial charge in [-0.25, -0.2) is 18.2 Å². The molecule has 1 heterocycles. The summed E-state index contributed by atoms with van der Waals surface area (Å²) in [7, 11) is -0.892. The molecule has 0 atom stereocenters. The van der Waals surface area contributed by atoms with E-state index in [9.17, 15) is 13.2 Å². The third-order valence-corrected chi connectivity index (χ3v) is 6.62. The number of benzene rings is 3. The minimum Gasteiger partial charge on any atom is -0.465 e. The van der Waals surface area contributed by atoms with Crippen LogP contribution < -0.4 is 0 Å². The molecule has 3 aromatic carbocycles. The van der Waals surface area contributed by atoms with Crippen LogP contribution in [0.4, 0.5) is 0 Å². The first-order valence-corrected chi connectivity index (χ1v) is 10.4. The van der Waals surface area contributed by atoms with Gasteiger partial charge in [0.15, 0.2) is 0 Å². The smallest absolute Gasteiger partial charge is 0.337 e. The summed E-state index contributed by atoms with van der Waals surface area (Å²) in [6.07, 6.45) is 0. The Morgan fingerprint density at radius 3 is 2.66 bits per heavy atom. The van der Waals surface area contributed by atoms with Crippen molar-refractivity contribution in [2.24, 2.45) is 0 Å². The van der Waals surface area contributed by atoms with E-state index in [1.54, 1.807) is 36.4 Å². The first-order valence-electron chi connectivity index (χ1n) is 8.91. The molecule has 0 radical (unpaired) electrons. The van der Waals surface area contributed by atoms with E-state index >= 15 is 0 Å². The summed E-state index contributed by atoms with van der Waals surface area (Å²) < 4.78 is 32.3. The lowest BCUT2D eigenvalue weighted by atomic mass is 10.1. The molecule has 0 amide bonds. The number of hydrogen-bond acceptors (Lipinski definition) is 5. The molecule has 0 saturated carbocycles. The fourth-order valence-corrected chi connectivity index (χ4v) is 4.61. The van der Waals surface area contributed by atoms with E-state index in [4.69, 9.17) is 4.74 Å². The van der Waals surface area contributed by atoms with Crippen molar-refractivity contribution >= 4 is 37.8 Å². The number of rotatable bonds is 5. The first kappa shape index (κ1) is 19.1. The van der Waals surface area contributed by atoms with Gasteiger partial charge in [-0.15, -0.1) is 0 Å². The highest BCUT2D eigenvalue weighted by Crippen LogP contribution is 2.26. The van der Waals surface area contributed by atoms with Gasteiger partial charge in [0.05, 0.1) is 35.1 Å². The Morgan fingerprint density at radius 2 is 1.86 bits per heavy atom. The van der Waals surface area contributed by atoms with Gasteiger partial charge >= 0.3 is 5.97 Å². The van der Waals surface area contributed by atoms with Crippen LogP contribution >= 0.6 is 0 Å². The Kier molecular flexibility index (Phi) is 4.81. The number of nitrogens with zero attached hydrogens (tertiary/aromatic N) is 2. The topological polar surface area (TPSA) is 92.4 Å². The molecule has 0 unspecified atom stereocenters. The molecule has 7 nitrogen and oxygen atoms in total. The third-order valence-electron chi connectivity index (χ3n) is 4.76. The molecule has 0 aliphatic carbocycles. The molecule has 0 fully saturated rings. The molecular formula is C21H19N3O4S. The maximum Gasteiger partial charge on any atom is 0.337 e. The number of sulfonamides is 1. The molecule has 0 aliphatic heterocycles. The first-order chi connectivity index (χ1) is 13.9. The summed E-state index contributed by atoms with van der Waals surface area (Å²) in [5, 5.41) is 1.54. The fraction of sp³-hybridized carbons (Fsp3) is 0.143. The van der Waals surface area contributed by atoms with Crippen LogP contribution in [0, 0.1) is 0 Å². The monoisotopic (exact) mass is 409 g/mol. The number of ether oxygens (including phenoxy) is 1. The highest BCUT2D eigenvalue weighted by Gasteiger charge is 2.24. The van der Waals surface area contributed by atoms with Gasteiger partial charge in [0.25, 0.3) is 0 Å². The molecule has 0 bridgehead atoms. The molecule has 1 aromatic heterocycles. The largest absolute Gasteiger partial charge is 0.465 e. The van der Waals surface area contributed by atoms with E-state index in [1.165, 1.54) is 18.5 Å². The molecule has 4 rings (SSSR count). The number of H-pyrrole nitrogens is 1. The fourth-order valence-electron chi connectivity index (χ4n) is 3.27. The van der Waals surface area contributed by atoms with Gasteiger partial charge in [-0.3, -0.25) is 0 Å². The zero-order valence-corrected chi connectivity index (χ0v) is 16.7. The van der Waals surface area contributed by atoms with Crippen molar-refractivity contribution in [1.29, 1.82) is 0 Å². The number of carbonyl (C=O) groups is 1. The van der Waals surface area contributed by atoms with Crippen LogP contribution in [0.1, 0.15) is 16.2 Å². The molecule has 8 heteroatoms. The highest BCUT2D eigenvalue weighted by molar-refractivity contribution is 7.89. The van der Waals surface area contributed by atoms with Gasteiger partial charge < -0.3 is 9.72 Å². The lowest BCUT2D eigenvalue weighted by Crippen LogP contribution is -2.27. The van der Waals surface area contributed by atoms with Crippen LogP contribution in [-0.2, 0) is 21.3 Å². The molecule has 1 N–H and O–H groups in total. The SMILES string of the molecule is COC(=O)c1ccc2nc(CN(C)S(=O)(=O)c3cccc4ccccc34)[nH]c2c1. The van der Waals surface area contributed by atoms with Gasteiger partial charge in [-0.1, -0.05) is 36.4 Å². The summed E-state index contributed by atoms with van der Waals surface area (Å²) in [5.74, 6) is 0.0343. The molecule has 4 aromatic rings. The second kappa shape index (κ2) is 7.31. The summed E-state index contributed by atoms with van der Waals surface area (Å²) in [5.41, 5.74) is 1.68. The number of hydrogen-bond donors (Lipinski definition) is 1. The van der Waals surface area contributed by atoms with E-state index in [-0.39, 0.29) is 11.4 Å². The van der Waals surface area contributed by atoms with Gasteiger partial charge in [0.1, 0.15) is 5.82 Å². The average Bonchev–Trinajstić information content (AvgIpc) is 3.14. The lowest BCUT2D eigenvalue weighted by molar-refractivity contribution is 0.0601. The quantitative estimate of drug-likeness (QED) is 0.511. The number of nitrogens with one attached hydrogen (secondary N) is 1. The number of aromatic amines is 1. The summed E-state index contributed by atoms with van der Waals surface area (Å²) in [6.45, 7) is 0.0633. The number of esters is 1. The molecular weight excluding hydrogens is 390 g/mol. The van der Waals surface area contributed by atoms with Gasteiger partial charge in [0.2, 0.25) is 10.0 Å². The van der Waals surface area contributed by atoms with Gasteiger partial charge in [-0.2, -0.15) is 4.31 Å². The molecule has 0 aliphatic rings. The van der Waals surface area contributed by atoms with Crippen molar-refractivity contribution in [2.75, 3.05) is 14.2 Å². The Morgan fingerprint density at radius 1 is 1.10 bits per heavy atom. The van der Waals surface area contributed by atoms with Crippen LogP contribution in [0.2, 0.25) is 0 Å². The van der Waals surface area contributed by atoms with E-state index in [0.717, 1.165) is 5.39 Å². The lowest BCUT2D eigenvalue weighted by Gasteiger charge is -2.17. The van der Waals surface area contributed by atoms with Gasteiger partial charge in [-0.05, 0) is 29.7 Å². The van der Waals surface area contributed by atoms with Crippen LogP contribution in [0.3, 0.4) is 0 Å². The molecule has 148 valence electrons. The predicted octanol–water partition coefficient (Wildman–Crippen LogP) is 3.32. The Labute approximate surface area is 168 Å². The average molecular weight is 409 g/mol. The second-order valence-electron chi connectivity index (χ2n) is 6.65. The van der Waals surface area contributed by atoms with Crippen molar-refractivity contribution in [1.82, 2.24) is 14.3 Å². The second-order valence-corrected chi connectivity index (χ2v) is 8.66. The summed E-state index contributed by atoms with van der Waals surface area (Å²) in [6, 6.07) is 17.5. The third kappa shape index (κ3) is 3.48. The zero-order chi connectivity index (χ0) is 20.6. The van der Waals surface area contributed by atoms with Crippen molar-refractivity contribution in [3.05, 3.63) is 72.1 Å². The minimum absolute atomic E-state index is 0.0633. The molecule has 0 saturated heterocycles.